The van der Waals surface area contributed by atoms with Gasteiger partial charge in [0, 0.05) is 37.9 Å². The minimum absolute atomic E-state index is 0.389. The van der Waals surface area contributed by atoms with Crippen molar-refractivity contribution in [1.82, 2.24) is 19.6 Å². The van der Waals surface area contributed by atoms with E-state index in [9.17, 15) is 0 Å². The van der Waals surface area contributed by atoms with Crippen molar-refractivity contribution < 1.29 is 4.74 Å². The zero-order valence-electron chi connectivity index (χ0n) is 15.7. The van der Waals surface area contributed by atoms with Gasteiger partial charge in [0.05, 0.1) is 18.4 Å². The molecule has 3 heterocycles. The summed E-state index contributed by atoms with van der Waals surface area (Å²) in [7, 11) is 0. The van der Waals surface area contributed by atoms with E-state index >= 15 is 0 Å². The van der Waals surface area contributed by atoms with Crippen LogP contribution in [0.5, 0.6) is 0 Å². The van der Waals surface area contributed by atoms with Crippen molar-refractivity contribution in [3.8, 4) is 0 Å². The molecule has 136 valence electrons. The Morgan fingerprint density at radius 2 is 1.83 bits per heavy atom. The fraction of sp³-hybridized carbons (Fsp3) is 0.842. The van der Waals surface area contributed by atoms with E-state index in [4.69, 9.17) is 4.74 Å². The summed E-state index contributed by atoms with van der Waals surface area (Å²) in [5.74, 6) is 0.896. The highest BCUT2D eigenvalue weighted by Crippen LogP contribution is 2.23. The van der Waals surface area contributed by atoms with E-state index in [1.807, 2.05) is 10.9 Å². The fourth-order valence-electron chi connectivity index (χ4n) is 4.18. The van der Waals surface area contributed by atoms with Crippen LogP contribution in [0.3, 0.4) is 0 Å². The monoisotopic (exact) mass is 334 g/mol. The fourth-order valence-corrected chi connectivity index (χ4v) is 4.18. The van der Waals surface area contributed by atoms with Gasteiger partial charge < -0.3 is 4.74 Å². The summed E-state index contributed by atoms with van der Waals surface area (Å²) in [5.41, 5.74) is 1.35. The SMILES string of the molecule is CCn1cc(CN2CCC(CCN3CC(C)OC(C)C3)CC2)cn1. The average Bonchev–Trinajstić information content (AvgIpc) is 3.01. The molecule has 0 aliphatic carbocycles. The first-order valence-electron chi connectivity index (χ1n) is 9.74. The second-order valence-electron chi connectivity index (χ2n) is 7.73. The lowest BCUT2D eigenvalue weighted by Crippen LogP contribution is -2.46. The summed E-state index contributed by atoms with van der Waals surface area (Å²) in [6.07, 6.45) is 9.03. The van der Waals surface area contributed by atoms with E-state index in [1.165, 1.54) is 44.5 Å². The van der Waals surface area contributed by atoms with Crippen LogP contribution >= 0.6 is 0 Å². The molecule has 0 bridgehead atoms. The van der Waals surface area contributed by atoms with Gasteiger partial charge in [-0.15, -0.1) is 0 Å². The van der Waals surface area contributed by atoms with Crippen LogP contribution in [0.4, 0.5) is 0 Å². The number of aryl methyl sites for hydroxylation is 1. The Balaban J connectivity index is 1.36. The van der Waals surface area contributed by atoms with Crippen molar-refractivity contribution >= 4 is 0 Å². The van der Waals surface area contributed by atoms with E-state index < -0.39 is 0 Å². The van der Waals surface area contributed by atoms with Gasteiger partial charge in [-0.25, -0.2) is 0 Å². The number of hydrogen-bond acceptors (Lipinski definition) is 4. The average molecular weight is 335 g/mol. The van der Waals surface area contributed by atoms with E-state index in [0.29, 0.717) is 12.2 Å². The lowest BCUT2D eigenvalue weighted by Gasteiger charge is -2.37. The molecule has 0 spiro atoms. The van der Waals surface area contributed by atoms with Gasteiger partial charge in [0.15, 0.2) is 0 Å². The highest BCUT2D eigenvalue weighted by molar-refractivity contribution is 5.03. The van der Waals surface area contributed by atoms with Crippen molar-refractivity contribution in [2.75, 3.05) is 32.7 Å². The Morgan fingerprint density at radius 1 is 1.12 bits per heavy atom. The molecule has 0 amide bonds. The number of nitrogens with zero attached hydrogens (tertiary/aromatic N) is 4. The lowest BCUT2D eigenvalue weighted by atomic mass is 9.93. The van der Waals surface area contributed by atoms with E-state index in [2.05, 4.69) is 41.9 Å². The van der Waals surface area contributed by atoms with Crippen LogP contribution in [0.2, 0.25) is 0 Å². The molecular formula is C19H34N4O. The normalized spacial score (nSPS) is 27.6. The minimum Gasteiger partial charge on any atom is -0.373 e. The zero-order valence-corrected chi connectivity index (χ0v) is 15.7. The molecule has 3 rings (SSSR count). The number of morpholine rings is 1. The molecule has 2 aliphatic heterocycles. The summed E-state index contributed by atoms with van der Waals surface area (Å²) in [6.45, 7) is 14.5. The van der Waals surface area contributed by atoms with Gasteiger partial charge in [-0.1, -0.05) is 0 Å². The maximum Gasteiger partial charge on any atom is 0.0678 e. The molecule has 2 unspecified atom stereocenters. The van der Waals surface area contributed by atoms with Crippen molar-refractivity contribution in [3.05, 3.63) is 18.0 Å². The summed E-state index contributed by atoms with van der Waals surface area (Å²) < 4.78 is 7.85. The predicted molar refractivity (Wildman–Crippen MR) is 97.0 cm³/mol. The van der Waals surface area contributed by atoms with Gasteiger partial charge >= 0.3 is 0 Å². The molecule has 2 aliphatic rings. The second kappa shape index (κ2) is 8.45. The number of ether oxygens (including phenoxy) is 1. The van der Waals surface area contributed by atoms with Crippen molar-refractivity contribution in [1.29, 1.82) is 0 Å². The van der Waals surface area contributed by atoms with E-state index in [0.717, 1.165) is 32.1 Å². The molecule has 5 nitrogen and oxygen atoms in total. The molecule has 0 N–H and O–H groups in total. The third kappa shape index (κ3) is 5.04. The number of hydrogen-bond donors (Lipinski definition) is 0. The van der Waals surface area contributed by atoms with Crippen LogP contribution < -0.4 is 0 Å². The Labute approximate surface area is 146 Å². The second-order valence-corrected chi connectivity index (χ2v) is 7.73. The number of likely N-dealkylation sites (tertiary alicyclic amines) is 1. The van der Waals surface area contributed by atoms with Gasteiger partial charge in [-0.05, 0) is 65.6 Å². The number of piperidine rings is 1. The Morgan fingerprint density at radius 3 is 2.46 bits per heavy atom. The molecule has 2 saturated heterocycles. The van der Waals surface area contributed by atoms with Gasteiger partial charge in [0.1, 0.15) is 0 Å². The van der Waals surface area contributed by atoms with Crippen LogP contribution in [0.25, 0.3) is 0 Å². The molecule has 0 saturated carbocycles. The van der Waals surface area contributed by atoms with Crippen LogP contribution in [0, 0.1) is 5.92 Å². The highest BCUT2D eigenvalue weighted by atomic mass is 16.5. The first kappa shape index (κ1) is 17.9. The van der Waals surface area contributed by atoms with Gasteiger partial charge in [0.2, 0.25) is 0 Å². The lowest BCUT2D eigenvalue weighted by molar-refractivity contribution is -0.0693. The summed E-state index contributed by atoms with van der Waals surface area (Å²) in [4.78, 5) is 5.19. The molecule has 1 aromatic heterocycles. The quantitative estimate of drug-likeness (QED) is 0.801. The third-order valence-corrected chi connectivity index (χ3v) is 5.47. The Hall–Kier alpha value is -0.910. The maximum atomic E-state index is 5.83. The van der Waals surface area contributed by atoms with Gasteiger partial charge in [-0.3, -0.25) is 14.5 Å². The van der Waals surface area contributed by atoms with E-state index in [1.54, 1.807) is 0 Å². The molecule has 2 fully saturated rings. The van der Waals surface area contributed by atoms with Crippen LogP contribution in [-0.4, -0.2) is 64.5 Å². The van der Waals surface area contributed by atoms with Crippen molar-refractivity contribution in [3.63, 3.8) is 0 Å². The zero-order chi connectivity index (χ0) is 16.9. The van der Waals surface area contributed by atoms with Crippen molar-refractivity contribution in [2.24, 2.45) is 5.92 Å². The van der Waals surface area contributed by atoms with Crippen LogP contribution in [0.1, 0.15) is 45.6 Å². The number of aromatic nitrogens is 2. The molecule has 0 aromatic carbocycles. The standard InChI is InChI=1S/C19H34N4O/c1-4-23-15-19(11-20-23)14-21-8-5-18(6-9-21)7-10-22-12-16(2)24-17(3)13-22/h11,15-18H,4-10,12-14H2,1-3H3. The first-order chi connectivity index (χ1) is 11.6. The first-order valence-corrected chi connectivity index (χ1v) is 9.74. The Kier molecular flexibility index (Phi) is 6.31. The van der Waals surface area contributed by atoms with Crippen LogP contribution in [-0.2, 0) is 17.8 Å². The smallest absolute Gasteiger partial charge is 0.0678 e. The molecule has 0 radical (unpaired) electrons. The summed E-state index contributed by atoms with van der Waals surface area (Å²) >= 11 is 0. The van der Waals surface area contributed by atoms with Gasteiger partial charge in [-0.2, -0.15) is 5.10 Å². The van der Waals surface area contributed by atoms with Gasteiger partial charge in [0.25, 0.3) is 0 Å². The highest BCUT2D eigenvalue weighted by Gasteiger charge is 2.24. The molecule has 24 heavy (non-hydrogen) atoms. The van der Waals surface area contributed by atoms with Crippen molar-refractivity contribution in [2.45, 2.75) is 65.3 Å². The topological polar surface area (TPSA) is 33.5 Å². The van der Waals surface area contributed by atoms with E-state index in [-0.39, 0.29) is 0 Å². The predicted octanol–water partition coefficient (Wildman–Crippen LogP) is 2.61. The number of rotatable bonds is 6. The van der Waals surface area contributed by atoms with Crippen LogP contribution in [0.15, 0.2) is 12.4 Å². The molecule has 2 atom stereocenters. The molecule has 5 heteroatoms. The maximum absolute atomic E-state index is 5.83. The molecule has 1 aromatic rings. The third-order valence-electron chi connectivity index (χ3n) is 5.47. The largest absolute Gasteiger partial charge is 0.373 e. The molecular weight excluding hydrogens is 300 g/mol. The minimum atomic E-state index is 0.389. The summed E-state index contributed by atoms with van der Waals surface area (Å²) in [5, 5.41) is 4.38. The Bertz CT molecular complexity index is 485. The summed E-state index contributed by atoms with van der Waals surface area (Å²) in [6, 6.07) is 0.